The Morgan fingerprint density at radius 2 is 1.91 bits per heavy atom. The Labute approximate surface area is 195 Å². The van der Waals surface area contributed by atoms with Crippen LogP contribution in [0.2, 0.25) is 0 Å². The maximum atomic E-state index is 14.6. The van der Waals surface area contributed by atoms with Crippen molar-refractivity contribution in [3.8, 4) is 33.2 Å². The van der Waals surface area contributed by atoms with Crippen molar-refractivity contribution < 1.29 is 22.3 Å². The van der Waals surface area contributed by atoms with Crippen LogP contribution in [-0.4, -0.2) is 32.7 Å². The molecule has 2 aromatic heterocycles. The zero-order valence-corrected chi connectivity index (χ0v) is 19.4. The largest absolute Gasteiger partial charge is 0.485 e. The number of nitrogens with one attached hydrogen (secondary N) is 1. The number of hydrogen-bond acceptors (Lipinski definition) is 6. The highest BCUT2D eigenvalue weighted by Gasteiger charge is 2.25. The Bertz CT molecular complexity index is 1430. The fourth-order valence-corrected chi connectivity index (χ4v) is 6.20. The zero-order chi connectivity index (χ0) is 23.0. The van der Waals surface area contributed by atoms with Crippen LogP contribution in [0.1, 0.15) is 5.56 Å². The molecule has 0 saturated heterocycles. The molecule has 0 saturated carbocycles. The summed E-state index contributed by atoms with van der Waals surface area (Å²) in [5.41, 5.74) is 1.93. The Balaban J connectivity index is 1.62. The van der Waals surface area contributed by atoms with Crippen molar-refractivity contribution in [2.75, 3.05) is 20.3 Å². The maximum absolute atomic E-state index is 14.6. The van der Waals surface area contributed by atoms with Gasteiger partial charge in [-0.3, -0.25) is 0 Å². The Morgan fingerprint density at radius 1 is 1.09 bits per heavy atom. The van der Waals surface area contributed by atoms with E-state index in [1.807, 2.05) is 11.4 Å². The smallest absolute Gasteiger partial charge is 0.268 e. The standard InChI is InChI=1S/C24H21FN2O4S2/c1-26-13-16-11-21(19-7-2-3-8-20(19)25)27(14-16)33(28,29)18-6-4-5-17(12-18)24-23-22(15-32-24)30-9-10-31-23/h2-8,11-12,14-15,26H,9-10,13H2,1H3. The van der Waals surface area contributed by atoms with Crippen LogP contribution in [0.3, 0.4) is 0 Å². The lowest BCUT2D eigenvalue weighted by atomic mass is 10.1. The van der Waals surface area contributed by atoms with Gasteiger partial charge < -0.3 is 14.8 Å². The van der Waals surface area contributed by atoms with Gasteiger partial charge in [-0.1, -0.05) is 24.3 Å². The van der Waals surface area contributed by atoms with Gasteiger partial charge >= 0.3 is 0 Å². The fourth-order valence-electron chi connectivity index (χ4n) is 3.84. The summed E-state index contributed by atoms with van der Waals surface area (Å²) in [6, 6.07) is 14.5. The number of nitrogens with zero attached hydrogens (tertiary/aromatic N) is 1. The zero-order valence-electron chi connectivity index (χ0n) is 17.7. The Morgan fingerprint density at radius 3 is 2.73 bits per heavy atom. The number of benzene rings is 2. The summed E-state index contributed by atoms with van der Waals surface area (Å²) >= 11 is 1.44. The first-order valence-electron chi connectivity index (χ1n) is 10.3. The number of ether oxygens (including phenoxy) is 2. The van der Waals surface area contributed by atoms with Crippen LogP contribution in [0.4, 0.5) is 4.39 Å². The highest BCUT2D eigenvalue weighted by atomic mass is 32.2. The third-order valence-electron chi connectivity index (χ3n) is 5.33. The number of hydrogen-bond donors (Lipinski definition) is 1. The highest BCUT2D eigenvalue weighted by molar-refractivity contribution is 7.90. The molecular weight excluding hydrogens is 463 g/mol. The number of aromatic nitrogens is 1. The van der Waals surface area contributed by atoms with Crippen molar-refractivity contribution in [1.29, 1.82) is 0 Å². The minimum absolute atomic E-state index is 0.100. The van der Waals surface area contributed by atoms with Gasteiger partial charge in [0.2, 0.25) is 0 Å². The highest BCUT2D eigenvalue weighted by Crippen LogP contribution is 2.46. The SMILES string of the molecule is CNCc1cc(-c2ccccc2F)n(S(=O)(=O)c2cccc(-c3scc4c3OCCO4)c2)c1. The minimum atomic E-state index is -4.01. The lowest BCUT2D eigenvalue weighted by Crippen LogP contribution is -2.15. The fraction of sp³-hybridized carbons (Fsp3) is 0.167. The average Bonchev–Trinajstić information content (AvgIpc) is 3.45. The van der Waals surface area contributed by atoms with Crippen molar-refractivity contribution >= 4 is 21.4 Å². The van der Waals surface area contributed by atoms with Crippen LogP contribution in [0, 0.1) is 5.82 Å². The Hall–Kier alpha value is -3.14. The van der Waals surface area contributed by atoms with Crippen molar-refractivity contribution in [2.24, 2.45) is 0 Å². The van der Waals surface area contributed by atoms with Crippen molar-refractivity contribution in [2.45, 2.75) is 11.4 Å². The summed E-state index contributed by atoms with van der Waals surface area (Å²) in [5, 5.41) is 4.87. The predicted octanol–water partition coefficient (Wildman–Crippen LogP) is 4.75. The van der Waals surface area contributed by atoms with E-state index in [2.05, 4.69) is 5.32 Å². The summed E-state index contributed by atoms with van der Waals surface area (Å²) in [6.07, 6.45) is 1.53. The van der Waals surface area contributed by atoms with E-state index >= 15 is 0 Å². The van der Waals surface area contributed by atoms with Crippen LogP contribution in [0.15, 0.2) is 71.1 Å². The van der Waals surface area contributed by atoms with E-state index in [0.717, 1.165) is 14.4 Å². The van der Waals surface area contributed by atoms with Crippen molar-refractivity contribution in [1.82, 2.24) is 9.29 Å². The van der Waals surface area contributed by atoms with E-state index in [-0.39, 0.29) is 16.2 Å². The van der Waals surface area contributed by atoms with Crippen LogP contribution in [0.5, 0.6) is 11.5 Å². The third-order valence-corrected chi connectivity index (χ3v) is 7.99. The first kappa shape index (κ1) is 21.7. The van der Waals surface area contributed by atoms with Gasteiger partial charge in [-0.25, -0.2) is 16.8 Å². The second-order valence-electron chi connectivity index (χ2n) is 7.53. The van der Waals surface area contributed by atoms with Gasteiger partial charge in [0.1, 0.15) is 19.0 Å². The summed E-state index contributed by atoms with van der Waals surface area (Å²) in [7, 11) is -2.24. The lowest BCUT2D eigenvalue weighted by Gasteiger charge is -2.16. The van der Waals surface area contributed by atoms with Crippen LogP contribution in [0.25, 0.3) is 21.7 Å². The molecule has 2 aromatic carbocycles. The van der Waals surface area contributed by atoms with E-state index in [0.29, 0.717) is 36.8 Å². The topological polar surface area (TPSA) is 69.6 Å². The normalized spacial score (nSPS) is 13.3. The molecule has 33 heavy (non-hydrogen) atoms. The molecule has 1 aliphatic rings. The van der Waals surface area contributed by atoms with E-state index in [1.165, 1.54) is 23.6 Å². The van der Waals surface area contributed by atoms with Gasteiger partial charge in [0, 0.05) is 23.7 Å². The Kier molecular flexibility index (Phi) is 5.69. The van der Waals surface area contributed by atoms with E-state index in [4.69, 9.17) is 9.47 Å². The first-order valence-corrected chi connectivity index (χ1v) is 12.6. The number of thiophene rings is 1. The predicted molar refractivity (Wildman–Crippen MR) is 126 cm³/mol. The van der Waals surface area contributed by atoms with Gasteiger partial charge in [0.25, 0.3) is 10.0 Å². The number of halogens is 1. The first-order chi connectivity index (χ1) is 16.0. The molecule has 5 rings (SSSR count). The molecule has 170 valence electrons. The minimum Gasteiger partial charge on any atom is -0.485 e. The molecule has 3 heterocycles. The summed E-state index contributed by atoms with van der Waals surface area (Å²) in [4.78, 5) is 0.905. The maximum Gasteiger partial charge on any atom is 0.268 e. The molecule has 0 fully saturated rings. The lowest BCUT2D eigenvalue weighted by molar-refractivity contribution is 0.174. The molecule has 1 aliphatic heterocycles. The summed E-state index contributed by atoms with van der Waals surface area (Å²) in [6.45, 7) is 1.38. The van der Waals surface area contributed by atoms with Gasteiger partial charge in [-0.2, -0.15) is 0 Å². The van der Waals surface area contributed by atoms with Crippen molar-refractivity contribution in [3.05, 3.63) is 77.6 Å². The second-order valence-corrected chi connectivity index (χ2v) is 10.2. The molecule has 4 aromatic rings. The van der Waals surface area contributed by atoms with Crippen molar-refractivity contribution in [3.63, 3.8) is 0 Å². The van der Waals surface area contributed by atoms with E-state index < -0.39 is 15.8 Å². The van der Waals surface area contributed by atoms with Gasteiger partial charge in [0.15, 0.2) is 11.5 Å². The number of rotatable bonds is 6. The monoisotopic (exact) mass is 484 g/mol. The molecule has 0 aliphatic carbocycles. The van der Waals surface area contributed by atoms with Gasteiger partial charge in [0.05, 0.1) is 15.5 Å². The molecular formula is C24H21FN2O4S2. The van der Waals surface area contributed by atoms with Gasteiger partial charge in [-0.05, 0) is 48.5 Å². The molecule has 9 heteroatoms. The van der Waals surface area contributed by atoms with Crippen LogP contribution in [-0.2, 0) is 16.6 Å². The van der Waals surface area contributed by atoms with Crippen LogP contribution < -0.4 is 14.8 Å². The van der Waals surface area contributed by atoms with Crippen LogP contribution >= 0.6 is 11.3 Å². The summed E-state index contributed by atoms with van der Waals surface area (Å²) < 4.78 is 54.6. The second kappa shape index (κ2) is 8.66. The van der Waals surface area contributed by atoms with E-state index in [1.54, 1.807) is 49.5 Å². The van der Waals surface area contributed by atoms with E-state index in [9.17, 15) is 12.8 Å². The molecule has 1 N–H and O–H groups in total. The average molecular weight is 485 g/mol. The molecule has 0 amide bonds. The number of fused-ring (bicyclic) bond motifs is 1. The molecule has 0 bridgehead atoms. The summed E-state index contributed by atoms with van der Waals surface area (Å²) in [5.74, 6) is 0.808. The quantitative estimate of drug-likeness (QED) is 0.428. The molecule has 0 radical (unpaired) electrons. The molecule has 6 nitrogen and oxygen atoms in total. The third kappa shape index (κ3) is 3.92. The molecule has 0 unspecified atom stereocenters. The molecule has 0 atom stereocenters. The molecule has 0 spiro atoms. The van der Waals surface area contributed by atoms with Gasteiger partial charge in [-0.15, -0.1) is 11.3 Å².